The van der Waals surface area contributed by atoms with E-state index in [9.17, 15) is 0 Å². The monoisotopic (exact) mass is 263 g/mol. The summed E-state index contributed by atoms with van der Waals surface area (Å²) in [6, 6.07) is 10.1. The van der Waals surface area contributed by atoms with E-state index < -0.39 is 0 Å². The summed E-state index contributed by atoms with van der Waals surface area (Å²) in [7, 11) is 1.96. The Kier molecular flexibility index (Phi) is 4.39. The molecule has 18 heavy (non-hydrogen) atoms. The van der Waals surface area contributed by atoms with Crippen LogP contribution in [0.1, 0.15) is 17.7 Å². The molecule has 1 heterocycles. The van der Waals surface area contributed by atoms with E-state index in [2.05, 4.69) is 11.2 Å². The SMILES string of the molecule is Cn1nccc1CCC(N)Cc1cccc(Cl)c1. The maximum atomic E-state index is 6.15. The van der Waals surface area contributed by atoms with E-state index >= 15 is 0 Å². The highest BCUT2D eigenvalue weighted by atomic mass is 35.5. The zero-order valence-corrected chi connectivity index (χ0v) is 11.3. The molecule has 0 bridgehead atoms. The van der Waals surface area contributed by atoms with Gasteiger partial charge in [-0.1, -0.05) is 23.7 Å². The van der Waals surface area contributed by atoms with Gasteiger partial charge in [-0.05, 0) is 43.0 Å². The molecule has 0 amide bonds. The molecule has 2 aromatic rings. The molecule has 1 unspecified atom stereocenters. The van der Waals surface area contributed by atoms with Crippen molar-refractivity contribution in [2.45, 2.75) is 25.3 Å². The Balaban J connectivity index is 1.86. The molecular formula is C14H18ClN3. The van der Waals surface area contributed by atoms with Crippen molar-refractivity contribution >= 4 is 11.6 Å². The Hall–Kier alpha value is -1.32. The highest BCUT2D eigenvalue weighted by molar-refractivity contribution is 6.30. The lowest BCUT2D eigenvalue weighted by molar-refractivity contribution is 0.586. The topological polar surface area (TPSA) is 43.8 Å². The van der Waals surface area contributed by atoms with Gasteiger partial charge < -0.3 is 5.73 Å². The van der Waals surface area contributed by atoms with Gasteiger partial charge in [0.15, 0.2) is 0 Å². The quantitative estimate of drug-likeness (QED) is 0.901. The summed E-state index contributed by atoms with van der Waals surface area (Å²) in [6.45, 7) is 0. The van der Waals surface area contributed by atoms with Gasteiger partial charge in [-0.2, -0.15) is 5.10 Å². The number of aryl methyl sites for hydroxylation is 2. The van der Waals surface area contributed by atoms with Crippen molar-refractivity contribution in [2.75, 3.05) is 0 Å². The van der Waals surface area contributed by atoms with Crippen molar-refractivity contribution in [2.24, 2.45) is 12.8 Å². The molecular weight excluding hydrogens is 246 g/mol. The summed E-state index contributed by atoms with van der Waals surface area (Å²) in [4.78, 5) is 0. The molecule has 0 saturated heterocycles. The van der Waals surface area contributed by atoms with Gasteiger partial charge >= 0.3 is 0 Å². The number of rotatable bonds is 5. The van der Waals surface area contributed by atoms with E-state index in [0.29, 0.717) is 0 Å². The molecule has 0 fully saturated rings. The van der Waals surface area contributed by atoms with Gasteiger partial charge in [0.25, 0.3) is 0 Å². The standard InChI is InChI=1S/C14H18ClN3/c1-18-14(7-8-17-18)6-5-13(16)10-11-3-2-4-12(15)9-11/h2-4,7-9,13H,5-6,10,16H2,1H3. The predicted molar refractivity (Wildman–Crippen MR) is 74.7 cm³/mol. The Bertz CT molecular complexity index is 507. The van der Waals surface area contributed by atoms with Crippen LogP contribution in [0.4, 0.5) is 0 Å². The Morgan fingerprint density at radius 1 is 1.39 bits per heavy atom. The maximum Gasteiger partial charge on any atom is 0.0492 e. The molecule has 2 N–H and O–H groups in total. The largest absolute Gasteiger partial charge is 0.327 e. The zero-order valence-electron chi connectivity index (χ0n) is 10.5. The Morgan fingerprint density at radius 2 is 2.22 bits per heavy atom. The van der Waals surface area contributed by atoms with Crippen LogP contribution in [0.2, 0.25) is 5.02 Å². The number of hydrogen-bond acceptors (Lipinski definition) is 2. The van der Waals surface area contributed by atoms with Gasteiger partial charge in [0.1, 0.15) is 0 Å². The van der Waals surface area contributed by atoms with Crippen LogP contribution in [-0.2, 0) is 19.9 Å². The van der Waals surface area contributed by atoms with Crippen molar-refractivity contribution in [1.29, 1.82) is 0 Å². The maximum absolute atomic E-state index is 6.15. The molecule has 0 spiro atoms. The summed E-state index contributed by atoms with van der Waals surface area (Å²) < 4.78 is 1.89. The molecule has 0 aliphatic rings. The van der Waals surface area contributed by atoms with Gasteiger partial charge in [-0.15, -0.1) is 0 Å². The second-order valence-electron chi connectivity index (χ2n) is 4.58. The van der Waals surface area contributed by atoms with Crippen LogP contribution in [0.5, 0.6) is 0 Å². The van der Waals surface area contributed by atoms with Crippen molar-refractivity contribution in [1.82, 2.24) is 9.78 Å². The lowest BCUT2D eigenvalue weighted by atomic mass is 10.0. The normalized spacial score (nSPS) is 12.6. The molecule has 0 aliphatic carbocycles. The minimum absolute atomic E-state index is 0.151. The number of hydrogen-bond donors (Lipinski definition) is 1. The lowest BCUT2D eigenvalue weighted by Gasteiger charge is -2.11. The first-order chi connectivity index (χ1) is 8.65. The highest BCUT2D eigenvalue weighted by Crippen LogP contribution is 2.13. The third-order valence-corrected chi connectivity index (χ3v) is 3.32. The smallest absolute Gasteiger partial charge is 0.0492 e. The van der Waals surface area contributed by atoms with Gasteiger partial charge in [0.05, 0.1) is 0 Å². The van der Waals surface area contributed by atoms with Crippen molar-refractivity contribution in [3.8, 4) is 0 Å². The number of aromatic nitrogens is 2. The van der Waals surface area contributed by atoms with Crippen LogP contribution in [0.25, 0.3) is 0 Å². The van der Waals surface area contributed by atoms with E-state index in [0.717, 1.165) is 24.3 Å². The lowest BCUT2D eigenvalue weighted by Crippen LogP contribution is -2.23. The molecule has 1 atom stereocenters. The van der Waals surface area contributed by atoms with E-state index in [1.807, 2.05) is 42.2 Å². The zero-order chi connectivity index (χ0) is 13.0. The van der Waals surface area contributed by atoms with E-state index in [4.69, 9.17) is 17.3 Å². The molecule has 3 nitrogen and oxygen atoms in total. The van der Waals surface area contributed by atoms with Gasteiger partial charge in [0.2, 0.25) is 0 Å². The first kappa shape index (κ1) is 13.1. The Labute approximate surface area is 113 Å². The van der Waals surface area contributed by atoms with Crippen LogP contribution < -0.4 is 5.73 Å². The molecule has 1 aromatic heterocycles. The van der Waals surface area contributed by atoms with Crippen molar-refractivity contribution in [3.05, 3.63) is 52.8 Å². The molecule has 96 valence electrons. The predicted octanol–water partition coefficient (Wildman–Crippen LogP) is 2.58. The van der Waals surface area contributed by atoms with E-state index in [1.54, 1.807) is 0 Å². The van der Waals surface area contributed by atoms with Gasteiger partial charge in [-0.25, -0.2) is 0 Å². The van der Waals surface area contributed by atoms with Crippen molar-refractivity contribution in [3.63, 3.8) is 0 Å². The van der Waals surface area contributed by atoms with Crippen LogP contribution in [-0.4, -0.2) is 15.8 Å². The summed E-state index contributed by atoms with van der Waals surface area (Å²) in [5.41, 5.74) is 8.56. The van der Waals surface area contributed by atoms with Crippen molar-refractivity contribution < 1.29 is 0 Å². The third kappa shape index (κ3) is 3.59. The number of nitrogens with zero attached hydrogens (tertiary/aromatic N) is 2. The molecule has 0 aliphatic heterocycles. The average molecular weight is 264 g/mol. The fraction of sp³-hybridized carbons (Fsp3) is 0.357. The molecule has 2 rings (SSSR count). The first-order valence-electron chi connectivity index (χ1n) is 6.12. The second kappa shape index (κ2) is 6.03. The molecule has 1 aromatic carbocycles. The highest BCUT2D eigenvalue weighted by Gasteiger charge is 2.06. The minimum atomic E-state index is 0.151. The average Bonchev–Trinajstić information content (AvgIpc) is 2.72. The van der Waals surface area contributed by atoms with Gasteiger partial charge in [-0.3, -0.25) is 4.68 Å². The van der Waals surface area contributed by atoms with Crippen LogP contribution >= 0.6 is 11.6 Å². The number of halogens is 1. The van der Waals surface area contributed by atoms with Crippen LogP contribution in [0.3, 0.4) is 0 Å². The summed E-state index contributed by atoms with van der Waals surface area (Å²) in [5, 5.41) is 4.92. The third-order valence-electron chi connectivity index (χ3n) is 3.08. The molecule has 4 heteroatoms. The minimum Gasteiger partial charge on any atom is -0.327 e. The first-order valence-corrected chi connectivity index (χ1v) is 6.50. The van der Waals surface area contributed by atoms with Crippen LogP contribution in [0.15, 0.2) is 36.5 Å². The van der Waals surface area contributed by atoms with E-state index in [1.165, 1.54) is 11.3 Å². The second-order valence-corrected chi connectivity index (χ2v) is 5.02. The van der Waals surface area contributed by atoms with Crippen LogP contribution in [0, 0.1) is 0 Å². The Morgan fingerprint density at radius 3 is 2.89 bits per heavy atom. The van der Waals surface area contributed by atoms with E-state index in [-0.39, 0.29) is 6.04 Å². The molecule has 0 saturated carbocycles. The number of benzene rings is 1. The summed E-state index contributed by atoms with van der Waals surface area (Å²) >= 11 is 5.95. The summed E-state index contributed by atoms with van der Waals surface area (Å²) in [5.74, 6) is 0. The fourth-order valence-electron chi connectivity index (χ4n) is 2.05. The van der Waals surface area contributed by atoms with Gasteiger partial charge in [0, 0.05) is 30.0 Å². The fourth-order valence-corrected chi connectivity index (χ4v) is 2.26. The number of nitrogens with two attached hydrogens (primary N) is 1. The summed E-state index contributed by atoms with van der Waals surface area (Å²) in [6.07, 6.45) is 4.58. The molecule has 0 radical (unpaired) electrons.